The number of anilines is 1. The molecule has 1 aromatic heterocycles. The summed E-state index contributed by atoms with van der Waals surface area (Å²) < 4.78 is 34.1. The molecule has 2 aromatic rings. The molecule has 1 fully saturated rings. The zero-order valence-electron chi connectivity index (χ0n) is 16.1. The Bertz CT molecular complexity index is 990. The van der Waals surface area contributed by atoms with Crippen LogP contribution in [-0.4, -0.2) is 65.5 Å². The van der Waals surface area contributed by atoms with Gasteiger partial charge in [0.25, 0.3) is 0 Å². The van der Waals surface area contributed by atoms with E-state index in [0.717, 1.165) is 5.82 Å². The molecule has 3 rings (SSSR count). The number of nitrogens with zero attached hydrogens (tertiary/aromatic N) is 4. The number of aryl methyl sites for hydroxylation is 1. The van der Waals surface area contributed by atoms with E-state index in [9.17, 15) is 13.2 Å². The molecule has 9 nitrogen and oxygen atoms in total. The monoisotopic (exact) mass is 459 g/mol. The number of hydrogen-bond acceptors (Lipinski definition) is 7. The summed E-state index contributed by atoms with van der Waals surface area (Å²) in [6.07, 6.45) is 0. The Morgan fingerprint density at radius 2 is 2.03 bits per heavy atom. The van der Waals surface area contributed by atoms with Gasteiger partial charge in [0.1, 0.15) is 5.82 Å². The molecule has 0 spiro atoms. The molecule has 2 heterocycles. The quantitative estimate of drug-likeness (QED) is 0.631. The fourth-order valence-electron chi connectivity index (χ4n) is 2.85. The summed E-state index contributed by atoms with van der Waals surface area (Å²) in [5.41, 5.74) is 0.250. The van der Waals surface area contributed by atoms with E-state index in [4.69, 9.17) is 16.3 Å². The largest absolute Gasteiger partial charge is 0.379 e. The molecular formula is C17H22ClN5O4S2. The summed E-state index contributed by atoms with van der Waals surface area (Å²) in [6, 6.07) is 4.28. The number of rotatable bonds is 7. The minimum absolute atomic E-state index is 0.0769. The average Bonchev–Trinajstić information content (AvgIpc) is 3.08. The maximum atomic E-state index is 12.8. The third-order valence-corrected chi connectivity index (χ3v) is 7.56. The van der Waals surface area contributed by atoms with Crippen LogP contribution in [0.15, 0.2) is 28.3 Å². The topological polar surface area (TPSA) is 106 Å². The van der Waals surface area contributed by atoms with Crippen molar-refractivity contribution in [3.63, 3.8) is 0 Å². The van der Waals surface area contributed by atoms with Gasteiger partial charge in [-0.15, -0.1) is 10.2 Å². The average molecular weight is 460 g/mol. The van der Waals surface area contributed by atoms with Gasteiger partial charge in [0.2, 0.25) is 15.9 Å². The molecule has 1 aliphatic heterocycles. The molecule has 0 saturated carbocycles. The van der Waals surface area contributed by atoms with E-state index >= 15 is 0 Å². The van der Waals surface area contributed by atoms with Crippen LogP contribution in [0.4, 0.5) is 5.69 Å². The molecule has 1 N–H and O–H groups in total. The Labute approximate surface area is 178 Å². The van der Waals surface area contributed by atoms with Gasteiger partial charge in [0.15, 0.2) is 5.16 Å². The number of halogens is 1. The van der Waals surface area contributed by atoms with Crippen molar-refractivity contribution in [2.45, 2.75) is 30.4 Å². The van der Waals surface area contributed by atoms with E-state index in [1.807, 2.05) is 18.4 Å². The van der Waals surface area contributed by atoms with Crippen molar-refractivity contribution in [3.05, 3.63) is 29.0 Å². The maximum absolute atomic E-state index is 12.8. The smallest absolute Gasteiger partial charge is 0.243 e. The first-order valence-electron chi connectivity index (χ1n) is 9.03. The molecular weight excluding hydrogens is 438 g/mol. The van der Waals surface area contributed by atoms with Gasteiger partial charge in [-0.25, -0.2) is 8.42 Å². The van der Waals surface area contributed by atoms with E-state index in [-0.39, 0.29) is 27.3 Å². The third kappa shape index (κ3) is 5.10. The summed E-state index contributed by atoms with van der Waals surface area (Å²) in [5, 5.41) is 11.7. The number of thioether (sulfide) groups is 1. The van der Waals surface area contributed by atoms with Gasteiger partial charge in [-0.1, -0.05) is 23.4 Å². The number of carbonyl (C=O) groups excluding carboxylic acids is 1. The highest BCUT2D eigenvalue weighted by atomic mass is 35.5. The van der Waals surface area contributed by atoms with Gasteiger partial charge in [0.05, 0.1) is 34.6 Å². The second-order valence-electron chi connectivity index (χ2n) is 6.27. The van der Waals surface area contributed by atoms with Crippen molar-refractivity contribution in [1.29, 1.82) is 0 Å². The van der Waals surface area contributed by atoms with Crippen LogP contribution in [-0.2, 0) is 26.1 Å². The van der Waals surface area contributed by atoms with E-state index in [1.165, 1.54) is 34.3 Å². The summed E-state index contributed by atoms with van der Waals surface area (Å²) in [5.74, 6) is 0.551. The maximum Gasteiger partial charge on any atom is 0.243 e. The van der Waals surface area contributed by atoms with Crippen molar-refractivity contribution in [3.8, 4) is 0 Å². The van der Waals surface area contributed by atoms with Crippen LogP contribution >= 0.6 is 23.4 Å². The number of morpholine rings is 1. The summed E-state index contributed by atoms with van der Waals surface area (Å²) in [7, 11) is -3.68. The van der Waals surface area contributed by atoms with E-state index in [1.54, 1.807) is 0 Å². The van der Waals surface area contributed by atoms with Gasteiger partial charge < -0.3 is 14.6 Å². The fourth-order valence-corrected chi connectivity index (χ4v) is 5.29. The first kappa shape index (κ1) is 22.0. The molecule has 0 unspecified atom stereocenters. The van der Waals surface area contributed by atoms with Crippen LogP contribution in [0.2, 0.25) is 5.02 Å². The predicted molar refractivity (Wildman–Crippen MR) is 111 cm³/mol. The standard InChI is InChI=1S/C17H22ClN5O4S2/c1-3-23-12(2)20-21-17(23)28-11-16(24)19-15-10-13(4-5-14(15)18)29(25,26)22-6-8-27-9-7-22/h4-5,10H,3,6-9,11H2,1-2H3,(H,19,24). The van der Waals surface area contributed by atoms with Gasteiger partial charge in [0, 0.05) is 19.6 Å². The summed E-state index contributed by atoms with van der Waals surface area (Å²) in [4.78, 5) is 12.5. The molecule has 0 bridgehead atoms. The first-order chi connectivity index (χ1) is 13.8. The fraction of sp³-hybridized carbons (Fsp3) is 0.471. The van der Waals surface area contributed by atoms with Crippen LogP contribution < -0.4 is 5.32 Å². The van der Waals surface area contributed by atoms with E-state index in [2.05, 4.69) is 15.5 Å². The van der Waals surface area contributed by atoms with Crippen LogP contribution in [0.3, 0.4) is 0 Å². The second kappa shape index (κ2) is 9.43. The lowest BCUT2D eigenvalue weighted by molar-refractivity contribution is -0.113. The minimum atomic E-state index is -3.68. The molecule has 1 aromatic carbocycles. The Morgan fingerprint density at radius 3 is 2.72 bits per heavy atom. The van der Waals surface area contributed by atoms with Gasteiger partial charge >= 0.3 is 0 Å². The van der Waals surface area contributed by atoms with Crippen molar-refractivity contribution >= 4 is 45.0 Å². The molecule has 0 atom stereocenters. The summed E-state index contributed by atoms with van der Waals surface area (Å²) in [6.45, 7) is 5.82. The Morgan fingerprint density at radius 1 is 1.31 bits per heavy atom. The lowest BCUT2D eigenvalue weighted by atomic mass is 10.3. The number of hydrogen-bond donors (Lipinski definition) is 1. The van der Waals surface area contributed by atoms with Gasteiger partial charge in [-0.3, -0.25) is 4.79 Å². The van der Waals surface area contributed by atoms with Crippen LogP contribution in [0, 0.1) is 6.92 Å². The highest BCUT2D eigenvalue weighted by Crippen LogP contribution is 2.28. The third-order valence-electron chi connectivity index (χ3n) is 4.37. The van der Waals surface area contributed by atoms with Crippen LogP contribution in [0.1, 0.15) is 12.7 Å². The van der Waals surface area contributed by atoms with Crippen molar-refractivity contribution in [2.24, 2.45) is 0 Å². The molecule has 1 saturated heterocycles. The van der Waals surface area contributed by atoms with E-state index in [0.29, 0.717) is 38.0 Å². The van der Waals surface area contributed by atoms with Crippen molar-refractivity contribution < 1.29 is 17.9 Å². The Kier molecular flexibility index (Phi) is 7.17. The molecule has 158 valence electrons. The Balaban J connectivity index is 1.70. The number of benzene rings is 1. The number of nitrogens with one attached hydrogen (secondary N) is 1. The second-order valence-corrected chi connectivity index (χ2v) is 9.56. The zero-order valence-corrected chi connectivity index (χ0v) is 18.5. The number of ether oxygens (including phenoxy) is 1. The zero-order chi connectivity index (χ0) is 21.0. The first-order valence-corrected chi connectivity index (χ1v) is 11.8. The lowest BCUT2D eigenvalue weighted by Gasteiger charge is -2.26. The molecule has 0 radical (unpaired) electrons. The van der Waals surface area contributed by atoms with E-state index < -0.39 is 10.0 Å². The molecule has 29 heavy (non-hydrogen) atoms. The minimum Gasteiger partial charge on any atom is -0.379 e. The Hall–Kier alpha value is -1.66. The predicted octanol–water partition coefficient (Wildman–Crippen LogP) is 2.01. The molecule has 12 heteroatoms. The van der Waals surface area contributed by atoms with Crippen molar-refractivity contribution in [1.82, 2.24) is 19.1 Å². The lowest BCUT2D eigenvalue weighted by Crippen LogP contribution is -2.40. The molecule has 0 aliphatic carbocycles. The highest BCUT2D eigenvalue weighted by Gasteiger charge is 2.27. The van der Waals surface area contributed by atoms with Crippen LogP contribution in [0.5, 0.6) is 0 Å². The van der Waals surface area contributed by atoms with Gasteiger partial charge in [-0.05, 0) is 32.0 Å². The molecule has 1 amide bonds. The molecule has 1 aliphatic rings. The van der Waals surface area contributed by atoms with Crippen molar-refractivity contribution in [2.75, 3.05) is 37.4 Å². The highest BCUT2D eigenvalue weighted by molar-refractivity contribution is 7.99. The normalized spacial score (nSPS) is 15.4. The summed E-state index contributed by atoms with van der Waals surface area (Å²) >= 11 is 7.42. The SMILES string of the molecule is CCn1c(C)nnc1SCC(=O)Nc1cc(S(=O)(=O)N2CCOCC2)ccc1Cl. The number of aromatic nitrogens is 3. The number of sulfonamides is 1. The number of amides is 1. The number of carbonyl (C=O) groups is 1. The van der Waals surface area contributed by atoms with Gasteiger partial charge in [-0.2, -0.15) is 4.31 Å². The van der Waals surface area contributed by atoms with Crippen LogP contribution in [0.25, 0.3) is 0 Å².